The highest BCUT2D eigenvalue weighted by atomic mass is 32.2. The Morgan fingerprint density at radius 1 is 1.38 bits per heavy atom. The quantitative estimate of drug-likeness (QED) is 0.658. The maximum absolute atomic E-state index is 13.2. The second kappa shape index (κ2) is 11.2. The van der Waals surface area contributed by atoms with Gasteiger partial charge in [0, 0.05) is 30.6 Å². The molecule has 1 saturated heterocycles. The zero-order valence-corrected chi connectivity index (χ0v) is 18.2. The van der Waals surface area contributed by atoms with E-state index in [1.165, 1.54) is 0 Å². The minimum atomic E-state index is -0.524. The molecule has 0 bridgehead atoms. The van der Waals surface area contributed by atoms with Gasteiger partial charge in [-0.15, -0.1) is 11.3 Å². The number of aromatic nitrogens is 1. The van der Waals surface area contributed by atoms with Gasteiger partial charge in [0.2, 0.25) is 5.91 Å². The van der Waals surface area contributed by atoms with Gasteiger partial charge in [0.1, 0.15) is 11.8 Å². The van der Waals surface area contributed by atoms with Crippen molar-refractivity contribution in [3.8, 4) is 5.75 Å². The number of ether oxygens (including phenoxy) is 1. The van der Waals surface area contributed by atoms with E-state index in [1.54, 1.807) is 35.2 Å². The van der Waals surface area contributed by atoms with Crippen molar-refractivity contribution in [3.63, 3.8) is 0 Å². The van der Waals surface area contributed by atoms with E-state index in [0.717, 1.165) is 30.1 Å². The number of rotatable bonds is 9. The van der Waals surface area contributed by atoms with Crippen molar-refractivity contribution in [3.05, 3.63) is 46.9 Å². The monoisotopic (exact) mass is 433 g/mol. The van der Waals surface area contributed by atoms with Gasteiger partial charge < -0.3 is 15.0 Å². The maximum Gasteiger partial charge on any atom is 0.258 e. The van der Waals surface area contributed by atoms with E-state index in [-0.39, 0.29) is 24.3 Å². The predicted octanol–water partition coefficient (Wildman–Crippen LogP) is 3.17. The van der Waals surface area contributed by atoms with E-state index in [4.69, 9.17) is 4.74 Å². The molecule has 29 heavy (non-hydrogen) atoms. The summed E-state index contributed by atoms with van der Waals surface area (Å²) in [4.78, 5) is 31.9. The van der Waals surface area contributed by atoms with E-state index >= 15 is 0 Å². The van der Waals surface area contributed by atoms with Crippen molar-refractivity contribution in [1.82, 2.24) is 15.2 Å². The SMILES string of the molecule is CSCCC(NC(=O)COc1ccccc1)C(=O)N1CCCC(c2nccs2)C1. The van der Waals surface area contributed by atoms with Crippen LogP contribution in [0.5, 0.6) is 5.75 Å². The molecular formula is C21H27N3O3S2. The van der Waals surface area contributed by atoms with Crippen LogP contribution in [0.1, 0.15) is 30.2 Å². The third kappa shape index (κ3) is 6.47. The molecule has 2 amide bonds. The van der Waals surface area contributed by atoms with Crippen molar-refractivity contribution >= 4 is 34.9 Å². The molecule has 0 saturated carbocycles. The summed E-state index contributed by atoms with van der Waals surface area (Å²) in [5.41, 5.74) is 0. The first-order chi connectivity index (χ1) is 14.2. The Bertz CT molecular complexity index is 771. The molecule has 2 unspecified atom stereocenters. The Hall–Kier alpha value is -2.06. The van der Waals surface area contributed by atoms with Crippen LogP contribution in [0.25, 0.3) is 0 Å². The standard InChI is InChI=1S/C21H27N3O3S2/c1-28-12-9-18(23-19(25)15-27-17-7-3-2-4-8-17)21(26)24-11-5-6-16(14-24)20-22-10-13-29-20/h2-4,7-8,10,13,16,18H,5-6,9,11-12,14-15H2,1H3,(H,23,25). The summed E-state index contributed by atoms with van der Waals surface area (Å²) in [6, 6.07) is 8.68. The molecule has 2 heterocycles. The number of nitrogens with zero attached hydrogens (tertiary/aromatic N) is 2. The molecule has 8 heteroatoms. The third-order valence-electron chi connectivity index (χ3n) is 4.89. The molecule has 1 aliphatic heterocycles. The molecule has 3 rings (SSSR count). The second-order valence-electron chi connectivity index (χ2n) is 7.00. The molecule has 1 aromatic carbocycles. The fourth-order valence-corrected chi connectivity index (χ4v) is 4.67. The fraction of sp³-hybridized carbons (Fsp3) is 0.476. The summed E-state index contributed by atoms with van der Waals surface area (Å²) in [7, 11) is 0. The van der Waals surface area contributed by atoms with Gasteiger partial charge in [-0.25, -0.2) is 4.98 Å². The largest absolute Gasteiger partial charge is 0.484 e. The van der Waals surface area contributed by atoms with Crippen molar-refractivity contribution < 1.29 is 14.3 Å². The fourth-order valence-electron chi connectivity index (χ4n) is 3.43. The highest BCUT2D eigenvalue weighted by Gasteiger charge is 2.31. The lowest BCUT2D eigenvalue weighted by atomic mass is 9.98. The number of carbonyl (C=O) groups is 2. The van der Waals surface area contributed by atoms with Crippen molar-refractivity contribution in [2.45, 2.75) is 31.2 Å². The van der Waals surface area contributed by atoms with E-state index in [0.29, 0.717) is 18.7 Å². The highest BCUT2D eigenvalue weighted by molar-refractivity contribution is 7.98. The molecule has 0 spiro atoms. The molecule has 1 aromatic heterocycles. The summed E-state index contributed by atoms with van der Waals surface area (Å²) in [5, 5.41) is 5.95. The van der Waals surface area contributed by atoms with Gasteiger partial charge in [0.15, 0.2) is 6.61 Å². The van der Waals surface area contributed by atoms with Crippen LogP contribution in [0.2, 0.25) is 0 Å². The molecule has 0 radical (unpaired) electrons. The lowest BCUT2D eigenvalue weighted by Crippen LogP contribution is -2.52. The van der Waals surface area contributed by atoms with Gasteiger partial charge in [-0.05, 0) is 43.4 Å². The second-order valence-corrected chi connectivity index (χ2v) is 8.91. The molecular weight excluding hydrogens is 406 g/mol. The van der Waals surface area contributed by atoms with Crippen LogP contribution in [-0.2, 0) is 9.59 Å². The van der Waals surface area contributed by atoms with Crippen LogP contribution < -0.4 is 10.1 Å². The zero-order valence-electron chi connectivity index (χ0n) is 16.6. The number of benzene rings is 1. The van der Waals surface area contributed by atoms with Crippen molar-refractivity contribution in [2.75, 3.05) is 31.7 Å². The van der Waals surface area contributed by atoms with Gasteiger partial charge in [-0.1, -0.05) is 18.2 Å². The van der Waals surface area contributed by atoms with E-state index in [2.05, 4.69) is 10.3 Å². The number of carbonyl (C=O) groups excluding carboxylic acids is 2. The Morgan fingerprint density at radius 2 is 2.21 bits per heavy atom. The Morgan fingerprint density at radius 3 is 2.93 bits per heavy atom. The first-order valence-electron chi connectivity index (χ1n) is 9.81. The molecule has 1 aliphatic rings. The van der Waals surface area contributed by atoms with Crippen LogP contribution in [-0.4, -0.2) is 59.4 Å². The molecule has 2 aromatic rings. The summed E-state index contributed by atoms with van der Waals surface area (Å²) < 4.78 is 5.52. The molecule has 2 atom stereocenters. The van der Waals surface area contributed by atoms with Gasteiger partial charge in [-0.3, -0.25) is 9.59 Å². The number of hydrogen-bond acceptors (Lipinski definition) is 6. The lowest BCUT2D eigenvalue weighted by molar-refractivity contribution is -0.138. The Labute approximate surface area is 180 Å². The van der Waals surface area contributed by atoms with Gasteiger partial charge in [-0.2, -0.15) is 11.8 Å². The number of likely N-dealkylation sites (tertiary alicyclic amines) is 1. The summed E-state index contributed by atoms with van der Waals surface area (Å²) >= 11 is 3.31. The summed E-state index contributed by atoms with van der Waals surface area (Å²) in [6.45, 7) is 1.29. The summed E-state index contributed by atoms with van der Waals surface area (Å²) in [5.74, 6) is 1.44. The molecule has 0 aliphatic carbocycles. The molecule has 1 fully saturated rings. The normalized spacial score (nSPS) is 17.6. The number of thiazole rings is 1. The minimum Gasteiger partial charge on any atom is -0.484 e. The maximum atomic E-state index is 13.2. The van der Waals surface area contributed by atoms with Crippen LogP contribution in [0.3, 0.4) is 0 Å². The van der Waals surface area contributed by atoms with Crippen LogP contribution >= 0.6 is 23.1 Å². The Balaban J connectivity index is 1.57. The van der Waals surface area contributed by atoms with Crippen LogP contribution in [0.4, 0.5) is 0 Å². The van der Waals surface area contributed by atoms with Gasteiger partial charge >= 0.3 is 0 Å². The molecule has 156 valence electrons. The smallest absolute Gasteiger partial charge is 0.258 e. The minimum absolute atomic E-state index is 0.00614. The number of para-hydroxylation sites is 1. The van der Waals surface area contributed by atoms with E-state index < -0.39 is 6.04 Å². The number of thioether (sulfide) groups is 1. The van der Waals surface area contributed by atoms with Gasteiger partial charge in [0.05, 0.1) is 5.01 Å². The average molecular weight is 434 g/mol. The number of amides is 2. The topological polar surface area (TPSA) is 71.5 Å². The van der Waals surface area contributed by atoms with Gasteiger partial charge in [0.25, 0.3) is 5.91 Å². The molecule has 1 N–H and O–H groups in total. The molecule has 6 nitrogen and oxygen atoms in total. The average Bonchev–Trinajstić information content (AvgIpc) is 3.30. The third-order valence-corrected chi connectivity index (χ3v) is 6.47. The first kappa shape index (κ1) is 21.6. The number of hydrogen-bond donors (Lipinski definition) is 1. The van der Waals surface area contributed by atoms with Crippen molar-refractivity contribution in [1.29, 1.82) is 0 Å². The van der Waals surface area contributed by atoms with E-state index in [9.17, 15) is 9.59 Å². The number of nitrogens with one attached hydrogen (secondary N) is 1. The van der Waals surface area contributed by atoms with Crippen LogP contribution in [0, 0.1) is 0 Å². The zero-order chi connectivity index (χ0) is 20.5. The van der Waals surface area contributed by atoms with Crippen molar-refractivity contribution in [2.24, 2.45) is 0 Å². The summed E-state index contributed by atoms with van der Waals surface area (Å²) in [6.07, 6.45) is 6.42. The van der Waals surface area contributed by atoms with Crippen LogP contribution in [0.15, 0.2) is 41.9 Å². The van der Waals surface area contributed by atoms with E-state index in [1.807, 2.05) is 40.9 Å². The predicted molar refractivity (Wildman–Crippen MR) is 118 cm³/mol. The lowest BCUT2D eigenvalue weighted by Gasteiger charge is -2.34. The Kier molecular flexibility index (Phi) is 8.37. The number of piperidine rings is 1. The highest BCUT2D eigenvalue weighted by Crippen LogP contribution is 2.28. The first-order valence-corrected chi connectivity index (χ1v) is 12.1.